The molecule has 1 aliphatic heterocycles. The first kappa shape index (κ1) is 25.3. The maximum absolute atomic E-state index is 6.38. The smallest absolute Gasteiger partial charge is 0.135 e. The summed E-state index contributed by atoms with van der Waals surface area (Å²) in [5.41, 5.74) is 12.6. The summed E-state index contributed by atoms with van der Waals surface area (Å²) in [4.78, 5) is 2.43. The zero-order valence-electron chi connectivity index (χ0n) is 25.0. The second kappa shape index (κ2) is 9.72. The minimum atomic E-state index is 0.119. The van der Waals surface area contributed by atoms with Gasteiger partial charge in [0.05, 0.1) is 17.1 Å². The van der Waals surface area contributed by atoms with Gasteiger partial charge in [-0.25, -0.2) is 0 Å². The number of anilines is 2. The van der Waals surface area contributed by atoms with Crippen LogP contribution in [0, 0.1) is 0 Å². The summed E-state index contributed by atoms with van der Waals surface area (Å²) in [5, 5.41) is 4.76. The Hall–Kier alpha value is -6.06. The highest BCUT2D eigenvalue weighted by molar-refractivity contribution is 6.11. The Morgan fingerprint density at radius 1 is 0.522 bits per heavy atom. The van der Waals surface area contributed by atoms with Crippen molar-refractivity contribution in [2.24, 2.45) is 0 Å². The Kier molecular flexibility index (Phi) is 5.34. The van der Waals surface area contributed by atoms with Gasteiger partial charge in [-0.15, -0.1) is 0 Å². The van der Waals surface area contributed by atoms with Gasteiger partial charge in [-0.3, -0.25) is 0 Å². The van der Waals surface area contributed by atoms with Gasteiger partial charge in [-0.1, -0.05) is 91.0 Å². The molecule has 10 rings (SSSR count). The normalized spacial score (nSPS) is 15.7. The second-order valence-electron chi connectivity index (χ2n) is 12.2. The predicted octanol–water partition coefficient (Wildman–Crippen LogP) is 11.2. The molecule has 46 heavy (non-hydrogen) atoms. The van der Waals surface area contributed by atoms with Crippen LogP contribution >= 0.6 is 0 Å². The van der Waals surface area contributed by atoms with E-state index in [9.17, 15) is 0 Å². The van der Waals surface area contributed by atoms with E-state index < -0.39 is 0 Å². The number of nitrogens with zero attached hydrogens (tertiary/aromatic N) is 2. The van der Waals surface area contributed by atoms with Crippen molar-refractivity contribution in [3.63, 3.8) is 0 Å². The molecule has 0 N–H and O–H groups in total. The molecule has 2 bridgehead atoms. The zero-order valence-corrected chi connectivity index (χ0v) is 25.0. The van der Waals surface area contributed by atoms with Gasteiger partial charge < -0.3 is 13.9 Å². The molecule has 216 valence electrons. The average molecular weight is 589 g/mol. The number of para-hydroxylation sites is 4. The first-order chi connectivity index (χ1) is 22.8. The third kappa shape index (κ3) is 3.72. The lowest BCUT2D eigenvalue weighted by molar-refractivity contribution is 0.669. The first-order valence-electron chi connectivity index (χ1n) is 15.8. The minimum absolute atomic E-state index is 0.119. The minimum Gasteiger partial charge on any atom is -0.456 e. The lowest BCUT2D eigenvalue weighted by Crippen LogP contribution is -2.30. The van der Waals surface area contributed by atoms with Crippen LogP contribution in [-0.4, -0.2) is 10.6 Å². The van der Waals surface area contributed by atoms with Crippen LogP contribution in [0.1, 0.15) is 11.1 Å². The summed E-state index contributed by atoms with van der Waals surface area (Å²) in [6.45, 7) is 0. The molecule has 3 heterocycles. The molecule has 3 nitrogen and oxygen atoms in total. The topological polar surface area (TPSA) is 21.3 Å². The molecule has 2 aliphatic rings. The van der Waals surface area contributed by atoms with Crippen LogP contribution in [0.4, 0.5) is 11.4 Å². The van der Waals surface area contributed by atoms with Crippen LogP contribution in [0.2, 0.25) is 0 Å². The maximum Gasteiger partial charge on any atom is 0.135 e. The standard InChI is InChI=1S/C43H28N2O/c1-2-10-31(11-3-1)44-32-20-18-28(24-30(25-32)34-12-4-7-15-39(34)44)29-19-22-42-37(26-29)38-27-33(21-23-43(38)46-42)45-40-16-8-5-13-35(40)36-14-6-9-17-41(36)45/h1-27,32H. The van der Waals surface area contributed by atoms with Crippen LogP contribution < -0.4 is 4.90 Å². The SMILES string of the molecule is C1=CC2C=C(C=C1c1ccc3oc4ccc(-n5c6ccccc6c6ccccc65)cc4c3c1)c1ccccc1N2c1ccccc1. The van der Waals surface area contributed by atoms with E-state index in [-0.39, 0.29) is 6.04 Å². The fraction of sp³-hybridized carbons (Fsp3) is 0.0233. The van der Waals surface area contributed by atoms with Crippen LogP contribution in [0.3, 0.4) is 0 Å². The number of fused-ring (bicyclic) bond motifs is 9. The van der Waals surface area contributed by atoms with E-state index in [0.717, 1.165) is 27.6 Å². The molecule has 8 aromatic rings. The number of rotatable bonds is 3. The van der Waals surface area contributed by atoms with Gasteiger partial charge in [0.15, 0.2) is 0 Å². The molecule has 0 spiro atoms. The van der Waals surface area contributed by atoms with E-state index in [2.05, 4.69) is 173 Å². The molecule has 0 saturated heterocycles. The number of aromatic nitrogens is 1. The number of hydrogen-bond donors (Lipinski definition) is 0. The average Bonchev–Trinajstić information content (AvgIpc) is 3.58. The van der Waals surface area contributed by atoms with Gasteiger partial charge in [-0.2, -0.15) is 0 Å². The Balaban J connectivity index is 1.12. The fourth-order valence-corrected chi connectivity index (χ4v) is 7.49. The molecular formula is C43H28N2O. The van der Waals surface area contributed by atoms with Gasteiger partial charge in [0, 0.05) is 44.2 Å². The second-order valence-corrected chi connectivity index (χ2v) is 12.2. The molecule has 2 aromatic heterocycles. The van der Waals surface area contributed by atoms with Crippen molar-refractivity contribution in [1.82, 2.24) is 4.57 Å². The summed E-state index contributed by atoms with van der Waals surface area (Å²) >= 11 is 0. The fourth-order valence-electron chi connectivity index (χ4n) is 7.49. The summed E-state index contributed by atoms with van der Waals surface area (Å²) in [5.74, 6) is 0. The van der Waals surface area contributed by atoms with Gasteiger partial charge in [0.1, 0.15) is 11.2 Å². The molecule has 0 amide bonds. The third-order valence-electron chi connectivity index (χ3n) is 9.57. The van der Waals surface area contributed by atoms with Crippen molar-refractivity contribution in [3.8, 4) is 5.69 Å². The predicted molar refractivity (Wildman–Crippen MR) is 192 cm³/mol. The molecule has 0 saturated carbocycles. The molecular weight excluding hydrogens is 560 g/mol. The lowest BCUT2D eigenvalue weighted by atomic mass is 9.93. The van der Waals surface area contributed by atoms with Gasteiger partial charge in [0.2, 0.25) is 0 Å². The third-order valence-corrected chi connectivity index (χ3v) is 9.57. The van der Waals surface area contributed by atoms with E-state index in [1.165, 1.54) is 55.5 Å². The van der Waals surface area contributed by atoms with E-state index in [1.807, 2.05) is 0 Å². The van der Waals surface area contributed by atoms with E-state index in [0.29, 0.717) is 0 Å². The molecule has 1 unspecified atom stereocenters. The van der Waals surface area contributed by atoms with Crippen LogP contribution in [0.25, 0.3) is 60.6 Å². The molecule has 0 radical (unpaired) electrons. The lowest BCUT2D eigenvalue weighted by Gasteiger charge is -2.35. The maximum atomic E-state index is 6.38. The summed E-state index contributed by atoms with van der Waals surface area (Å²) in [6, 6.07) is 50.0. The highest BCUT2D eigenvalue weighted by Crippen LogP contribution is 2.43. The van der Waals surface area contributed by atoms with Gasteiger partial charge in [0.25, 0.3) is 0 Å². The number of benzene rings is 6. The van der Waals surface area contributed by atoms with Crippen molar-refractivity contribution in [2.45, 2.75) is 6.04 Å². The van der Waals surface area contributed by atoms with Crippen molar-refractivity contribution >= 4 is 66.3 Å². The van der Waals surface area contributed by atoms with E-state index in [1.54, 1.807) is 0 Å². The summed E-state index contributed by atoms with van der Waals surface area (Å²) in [6.07, 6.45) is 9.32. The molecule has 0 fully saturated rings. The van der Waals surface area contributed by atoms with E-state index >= 15 is 0 Å². The molecule has 1 atom stereocenters. The Morgan fingerprint density at radius 2 is 1.20 bits per heavy atom. The monoisotopic (exact) mass is 588 g/mol. The highest BCUT2D eigenvalue weighted by Gasteiger charge is 2.27. The Labute approximate surface area is 266 Å². The largest absolute Gasteiger partial charge is 0.456 e. The summed E-state index contributed by atoms with van der Waals surface area (Å²) in [7, 11) is 0. The molecule has 1 aliphatic carbocycles. The number of allylic oxidation sites excluding steroid dienone is 4. The van der Waals surface area contributed by atoms with E-state index in [4.69, 9.17) is 4.42 Å². The first-order valence-corrected chi connectivity index (χ1v) is 15.8. The van der Waals surface area contributed by atoms with Crippen LogP contribution in [0.5, 0.6) is 0 Å². The quantitative estimate of drug-likeness (QED) is 0.205. The highest BCUT2D eigenvalue weighted by atomic mass is 16.3. The summed E-state index contributed by atoms with van der Waals surface area (Å²) < 4.78 is 8.75. The number of hydrogen-bond acceptors (Lipinski definition) is 2. The van der Waals surface area contributed by atoms with Gasteiger partial charge in [-0.05, 0) is 89.5 Å². The molecule has 6 aromatic carbocycles. The Morgan fingerprint density at radius 3 is 2.00 bits per heavy atom. The van der Waals surface area contributed by atoms with Crippen molar-refractivity contribution in [2.75, 3.05) is 4.90 Å². The van der Waals surface area contributed by atoms with Crippen molar-refractivity contribution < 1.29 is 4.42 Å². The van der Waals surface area contributed by atoms with Gasteiger partial charge >= 0.3 is 0 Å². The van der Waals surface area contributed by atoms with Crippen molar-refractivity contribution in [3.05, 3.63) is 175 Å². The molecule has 3 heteroatoms. The van der Waals surface area contributed by atoms with Crippen molar-refractivity contribution in [1.29, 1.82) is 0 Å². The zero-order chi connectivity index (χ0) is 30.2. The number of furan rings is 1. The van der Waals surface area contributed by atoms with Crippen LogP contribution in [0.15, 0.2) is 168 Å². The van der Waals surface area contributed by atoms with Crippen LogP contribution in [-0.2, 0) is 0 Å². The Bertz CT molecular complexity index is 2540.